The molecule has 1 aliphatic heterocycles. The zero-order valence-electron chi connectivity index (χ0n) is 14.9. The van der Waals surface area contributed by atoms with Crippen LogP contribution in [0.2, 0.25) is 0 Å². The van der Waals surface area contributed by atoms with E-state index in [-0.39, 0.29) is 31.2 Å². The Labute approximate surface area is 148 Å². The topological polar surface area (TPSA) is 65.1 Å². The van der Waals surface area contributed by atoms with Crippen molar-refractivity contribution in [3.63, 3.8) is 0 Å². The van der Waals surface area contributed by atoms with E-state index < -0.39 is 17.4 Å². The lowest BCUT2D eigenvalue weighted by molar-refractivity contribution is -0.274. The normalized spacial score (nSPS) is 27.2. The van der Waals surface area contributed by atoms with E-state index in [2.05, 4.69) is 0 Å². The zero-order valence-corrected chi connectivity index (χ0v) is 14.9. The first kappa shape index (κ1) is 17.9. The van der Waals surface area contributed by atoms with Gasteiger partial charge in [-0.3, -0.25) is 9.59 Å². The van der Waals surface area contributed by atoms with Gasteiger partial charge < -0.3 is 14.3 Å². The lowest BCUT2D eigenvalue weighted by Gasteiger charge is -2.50. The molecule has 1 saturated carbocycles. The van der Waals surface area contributed by atoms with Gasteiger partial charge in [-0.1, -0.05) is 30.3 Å². The van der Waals surface area contributed by atoms with Crippen LogP contribution in [0.25, 0.3) is 0 Å². The number of fused-ring (bicyclic) bond motifs is 1. The van der Waals surface area contributed by atoms with E-state index in [1.54, 1.807) is 21.0 Å². The van der Waals surface area contributed by atoms with E-state index in [1.807, 2.05) is 35.4 Å². The molecule has 0 aromatic heterocycles. The van der Waals surface area contributed by atoms with Crippen LogP contribution in [-0.4, -0.2) is 43.4 Å². The molecule has 6 nitrogen and oxygen atoms in total. The van der Waals surface area contributed by atoms with E-state index in [1.165, 1.54) is 0 Å². The number of esters is 2. The Morgan fingerprint density at radius 2 is 1.68 bits per heavy atom. The number of benzene rings is 1. The van der Waals surface area contributed by atoms with Gasteiger partial charge in [-0.2, -0.15) is 5.06 Å². The number of hydrogen-bond acceptors (Lipinski definition) is 6. The molecule has 1 heterocycles. The Hall–Kier alpha value is -1.92. The summed E-state index contributed by atoms with van der Waals surface area (Å²) in [6.07, 6.45) is 0.793. The van der Waals surface area contributed by atoms with E-state index in [4.69, 9.17) is 14.3 Å². The first-order valence-corrected chi connectivity index (χ1v) is 8.80. The standard InChI is InChI=1S/C19H25NO5/c1-4-24-17(21)19(18(22)25-5-2)11-14-15(12-19)20(23-3)16(14)13-9-7-6-8-10-13/h6-10,14-16H,4-5,11-12H2,1-3H3/t14?,15?,16-/m1/s1. The smallest absolute Gasteiger partial charge is 0.323 e. The minimum absolute atomic E-state index is 0.00372. The molecule has 0 amide bonds. The maximum absolute atomic E-state index is 12.7. The van der Waals surface area contributed by atoms with Crippen molar-refractivity contribution in [1.29, 1.82) is 0 Å². The van der Waals surface area contributed by atoms with Crippen molar-refractivity contribution in [3.05, 3.63) is 35.9 Å². The van der Waals surface area contributed by atoms with Crippen LogP contribution in [0.3, 0.4) is 0 Å². The molecule has 3 atom stereocenters. The molecule has 1 saturated heterocycles. The number of hydroxylamine groups is 2. The minimum atomic E-state index is -1.23. The van der Waals surface area contributed by atoms with Gasteiger partial charge in [0.25, 0.3) is 0 Å². The third kappa shape index (κ3) is 2.83. The number of carbonyl (C=O) groups excluding carboxylic acids is 2. The van der Waals surface area contributed by atoms with Crippen molar-refractivity contribution in [1.82, 2.24) is 5.06 Å². The third-order valence-corrected chi connectivity index (χ3v) is 5.33. The molecule has 3 rings (SSSR count). The molecule has 0 N–H and O–H groups in total. The van der Waals surface area contributed by atoms with Gasteiger partial charge in [0.2, 0.25) is 0 Å². The Balaban J connectivity index is 1.90. The van der Waals surface area contributed by atoms with Gasteiger partial charge in [0.15, 0.2) is 5.41 Å². The molecule has 1 aliphatic carbocycles. The number of hydrogen-bond donors (Lipinski definition) is 0. The van der Waals surface area contributed by atoms with Crippen molar-refractivity contribution >= 4 is 11.9 Å². The number of ether oxygens (including phenoxy) is 2. The first-order valence-electron chi connectivity index (χ1n) is 8.80. The number of rotatable bonds is 6. The van der Waals surface area contributed by atoms with Crippen molar-refractivity contribution in [2.24, 2.45) is 11.3 Å². The van der Waals surface area contributed by atoms with Crippen molar-refractivity contribution in [2.45, 2.75) is 38.8 Å². The quantitative estimate of drug-likeness (QED) is 0.582. The van der Waals surface area contributed by atoms with E-state index in [0.29, 0.717) is 12.8 Å². The molecule has 2 fully saturated rings. The Bertz CT molecular complexity index is 614. The summed E-state index contributed by atoms with van der Waals surface area (Å²) in [7, 11) is 1.63. The Kier molecular flexibility index (Phi) is 5.11. The largest absolute Gasteiger partial charge is 0.465 e. The van der Waals surface area contributed by atoms with Gasteiger partial charge in [-0.25, -0.2) is 0 Å². The SMILES string of the molecule is CCOC(=O)C1(C(=O)OCC)CC2C(C1)N(OC)[C@@H]2c1ccccc1. The van der Waals surface area contributed by atoms with Gasteiger partial charge in [0.05, 0.1) is 26.4 Å². The van der Waals surface area contributed by atoms with Crippen LogP contribution in [0.5, 0.6) is 0 Å². The predicted octanol–water partition coefficient (Wildman–Crippen LogP) is 2.50. The van der Waals surface area contributed by atoms with Crippen molar-refractivity contribution in [2.75, 3.05) is 20.3 Å². The first-order chi connectivity index (χ1) is 12.1. The summed E-state index contributed by atoms with van der Waals surface area (Å²) in [6.45, 7) is 3.97. The lowest BCUT2D eigenvalue weighted by Crippen LogP contribution is -2.54. The molecular weight excluding hydrogens is 322 g/mol. The summed E-state index contributed by atoms with van der Waals surface area (Å²) in [5, 5.41) is 1.89. The monoisotopic (exact) mass is 347 g/mol. The Morgan fingerprint density at radius 1 is 1.08 bits per heavy atom. The molecule has 1 aromatic carbocycles. The second kappa shape index (κ2) is 7.14. The molecular formula is C19H25NO5. The highest BCUT2D eigenvalue weighted by molar-refractivity contribution is 6.00. The maximum atomic E-state index is 12.7. The predicted molar refractivity (Wildman–Crippen MR) is 90.2 cm³/mol. The highest BCUT2D eigenvalue weighted by Gasteiger charge is 2.66. The van der Waals surface area contributed by atoms with E-state index in [0.717, 1.165) is 5.56 Å². The Morgan fingerprint density at radius 3 is 2.20 bits per heavy atom. The van der Waals surface area contributed by atoms with E-state index in [9.17, 15) is 9.59 Å². The van der Waals surface area contributed by atoms with Crippen LogP contribution in [0.1, 0.15) is 38.3 Å². The summed E-state index contributed by atoms with van der Waals surface area (Å²) < 4.78 is 10.5. The van der Waals surface area contributed by atoms with Crippen LogP contribution in [-0.2, 0) is 23.9 Å². The van der Waals surface area contributed by atoms with Crippen LogP contribution >= 0.6 is 0 Å². The van der Waals surface area contributed by atoms with Gasteiger partial charge in [0.1, 0.15) is 0 Å². The van der Waals surface area contributed by atoms with Crippen LogP contribution in [0.4, 0.5) is 0 Å². The maximum Gasteiger partial charge on any atom is 0.323 e. The van der Waals surface area contributed by atoms with Crippen LogP contribution in [0.15, 0.2) is 30.3 Å². The highest BCUT2D eigenvalue weighted by atomic mass is 16.7. The fourth-order valence-electron chi connectivity index (χ4n) is 4.27. The lowest BCUT2D eigenvalue weighted by atomic mass is 9.79. The summed E-state index contributed by atoms with van der Waals surface area (Å²) in [4.78, 5) is 30.9. The van der Waals surface area contributed by atoms with Gasteiger partial charge in [-0.05, 0) is 32.3 Å². The van der Waals surface area contributed by atoms with E-state index >= 15 is 0 Å². The second-order valence-corrected chi connectivity index (χ2v) is 6.56. The molecule has 0 radical (unpaired) electrons. The average Bonchev–Trinajstić information content (AvgIpc) is 2.94. The molecule has 0 bridgehead atoms. The van der Waals surface area contributed by atoms with Gasteiger partial charge in [-0.15, -0.1) is 0 Å². The molecule has 136 valence electrons. The summed E-state index contributed by atoms with van der Waals surface area (Å²) in [6, 6.07) is 10.0. The fraction of sp³-hybridized carbons (Fsp3) is 0.579. The summed E-state index contributed by atoms with van der Waals surface area (Å²) in [5.74, 6) is -0.812. The molecule has 1 aromatic rings. The van der Waals surface area contributed by atoms with Gasteiger partial charge in [0, 0.05) is 12.0 Å². The minimum Gasteiger partial charge on any atom is -0.465 e. The van der Waals surface area contributed by atoms with Crippen LogP contribution < -0.4 is 0 Å². The summed E-state index contributed by atoms with van der Waals surface area (Å²) >= 11 is 0. The van der Waals surface area contributed by atoms with Crippen LogP contribution in [0, 0.1) is 11.3 Å². The molecule has 2 aliphatic rings. The summed E-state index contributed by atoms with van der Waals surface area (Å²) in [5.41, 5.74) is -0.115. The van der Waals surface area contributed by atoms with Crippen molar-refractivity contribution in [3.8, 4) is 0 Å². The highest BCUT2D eigenvalue weighted by Crippen LogP contribution is 2.59. The molecule has 2 unspecified atom stereocenters. The molecule has 25 heavy (non-hydrogen) atoms. The second-order valence-electron chi connectivity index (χ2n) is 6.56. The number of carbonyl (C=O) groups is 2. The molecule has 0 spiro atoms. The molecule has 6 heteroatoms. The fourth-order valence-corrected chi connectivity index (χ4v) is 4.27. The third-order valence-electron chi connectivity index (χ3n) is 5.33. The zero-order chi connectivity index (χ0) is 18.0. The average molecular weight is 347 g/mol. The number of nitrogens with zero attached hydrogens (tertiary/aromatic N) is 1. The van der Waals surface area contributed by atoms with Gasteiger partial charge >= 0.3 is 11.9 Å². The van der Waals surface area contributed by atoms with Crippen molar-refractivity contribution < 1.29 is 23.9 Å².